The number of hydrogen-bond acceptors (Lipinski definition) is 5. The van der Waals surface area contributed by atoms with Crippen molar-refractivity contribution in [1.29, 1.82) is 0 Å². The van der Waals surface area contributed by atoms with Crippen LogP contribution < -0.4 is 10.7 Å². The summed E-state index contributed by atoms with van der Waals surface area (Å²) < 4.78 is 1.44. The summed E-state index contributed by atoms with van der Waals surface area (Å²) in [4.78, 5) is 27.4. The average molecular weight is 272 g/mol. The van der Waals surface area contributed by atoms with Crippen LogP contribution in [-0.2, 0) is 0 Å². The lowest BCUT2D eigenvalue weighted by molar-refractivity contribution is 0.103. The van der Waals surface area contributed by atoms with E-state index < -0.39 is 11.2 Å². The molecule has 0 unspecified atom stereocenters. The van der Waals surface area contributed by atoms with Crippen molar-refractivity contribution in [2.45, 2.75) is 7.43 Å². The summed E-state index contributed by atoms with van der Waals surface area (Å²) in [5, 5.41) is 6.72. The molecule has 6 heteroatoms. The van der Waals surface area contributed by atoms with Gasteiger partial charge in [0.25, 0.3) is 0 Å². The van der Waals surface area contributed by atoms with Crippen LogP contribution in [0, 0.1) is 0 Å². The third-order valence-corrected chi connectivity index (χ3v) is 2.35. The van der Waals surface area contributed by atoms with Gasteiger partial charge in [0.15, 0.2) is 5.69 Å². The Kier molecular flexibility index (Phi) is 5.34. The van der Waals surface area contributed by atoms with E-state index in [-0.39, 0.29) is 13.1 Å². The minimum Gasteiger partial charge on any atom is -0.394 e. The predicted octanol–water partition coefficient (Wildman–Crippen LogP) is 1.18. The summed E-state index contributed by atoms with van der Waals surface area (Å²) in [5.41, 5.74) is 0.137. The van der Waals surface area contributed by atoms with Crippen LogP contribution in [0.15, 0.2) is 53.9 Å². The number of pyridine rings is 1. The summed E-state index contributed by atoms with van der Waals surface area (Å²) in [6.07, 6.45) is 7.43. The molecule has 0 aromatic carbocycles. The van der Waals surface area contributed by atoms with Gasteiger partial charge in [-0.1, -0.05) is 7.43 Å². The second-order valence-corrected chi connectivity index (χ2v) is 3.67. The first-order valence-corrected chi connectivity index (χ1v) is 5.61. The quantitative estimate of drug-likeness (QED) is 0.668. The van der Waals surface area contributed by atoms with E-state index in [9.17, 15) is 9.59 Å². The fraction of sp³-hybridized carbons (Fsp3) is 0.143. The van der Waals surface area contributed by atoms with Gasteiger partial charge in [0.2, 0.25) is 11.2 Å². The molecule has 0 atom stereocenters. The maximum absolute atomic E-state index is 11.8. The van der Waals surface area contributed by atoms with Crippen molar-refractivity contribution < 1.29 is 4.79 Å². The molecule has 2 heterocycles. The Hall–Kier alpha value is -2.76. The number of hydrogen-bond donors (Lipinski definition) is 1. The number of carbonyl (C=O) groups is 1. The fourth-order valence-electron chi connectivity index (χ4n) is 1.45. The molecule has 2 aromatic heterocycles. The molecule has 20 heavy (non-hydrogen) atoms. The number of nitrogens with one attached hydrogen (secondary N) is 1. The van der Waals surface area contributed by atoms with E-state index in [4.69, 9.17) is 0 Å². The molecule has 2 rings (SSSR count). The molecule has 0 aliphatic rings. The van der Waals surface area contributed by atoms with Crippen LogP contribution in [0.2, 0.25) is 0 Å². The molecule has 0 aliphatic carbocycles. The van der Waals surface area contributed by atoms with Crippen LogP contribution in [-0.4, -0.2) is 27.6 Å². The second-order valence-electron chi connectivity index (χ2n) is 3.67. The highest BCUT2D eigenvalue weighted by molar-refractivity contribution is 6.02. The molecule has 0 bridgehead atoms. The molecule has 2 aromatic rings. The predicted molar refractivity (Wildman–Crippen MR) is 76.9 cm³/mol. The molecule has 0 radical (unpaired) electrons. The molecule has 0 saturated heterocycles. The lowest BCUT2D eigenvalue weighted by Crippen LogP contribution is -2.19. The highest BCUT2D eigenvalue weighted by Crippen LogP contribution is 2.02. The van der Waals surface area contributed by atoms with Crippen LogP contribution in [0.3, 0.4) is 0 Å². The maximum Gasteiger partial charge on any atom is 0.211 e. The van der Waals surface area contributed by atoms with E-state index in [1.165, 1.54) is 29.2 Å². The average Bonchev–Trinajstić information content (AvgIpc) is 2.46. The Morgan fingerprint density at radius 2 is 2.20 bits per heavy atom. The van der Waals surface area contributed by atoms with Crippen molar-refractivity contribution in [3.63, 3.8) is 0 Å². The smallest absolute Gasteiger partial charge is 0.211 e. The van der Waals surface area contributed by atoms with Crippen molar-refractivity contribution in [3.8, 4) is 5.69 Å². The Morgan fingerprint density at radius 3 is 2.85 bits per heavy atom. The van der Waals surface area contributed by atoms with Crippen LogP contribution in [0.4, 0.5) is 0 Å². The highest BCUT2D eigenvalue weighted by atomic mass is 16.1. The van der Waals surface area contributed by atoms with Crippen LogP contribution >= 0.6 is 0 Å². The first-order chi connectivity index (χ1) is 9.22. The number of aromatic nitrogens is 3. The van der Waals surface area contributed by atoms with Crippen molar-refractivity contribution in [1.82, 2.24) is 20.1 Å². The van der Waals surface area contributed by atoms with Gasteiger partial charge in [-0.15, -0.1) is 0 Å². The molecule has 6 nitrogen and oxygen atoms in total. The zero-order valence-corrected chi connectivity index (χ0v) is 10.3. The molecule has 104 valence electrons. The lowest BCUT2D eigenvalue weighted by Gasteiger charge is -2.04. The van der Waals surface area contributed by atoms with E-state index in [0.717, 1.165) is 0 Å². The standard InChI is InChI=1S/C13H12N4O2.CH4/c1-14-7-4-11(18)13-12(19)5-8-17(16-13)10-3-2-6-15-9-10;/h2-9,14H,1H3;1H4. The zero-order chi connectivity index (χ0) is 13.7. The molecule has 0 aliphatic heterocycles. The van der Waals surface area contributed by atoms with Crippen LogP contribution in [0.5, 0.6) is 0 Å². The summed E-state index contributed by atoms with van der Waals surface area (Å²) in [5.74, 6) is -0.447. The first kappa shape index (κ1) is 15.3. The largest absolute Gasteiger partial charge is 0.394 e. The topological polar surface area (TPSA) is 76.9 Å². The maximum atomic E-state index is 11.8. The monoisotopic (exact) mass is 272 g/mol. The van der Waals surface area contributed by atoms with Crippen molar-refractivity contribution in [3.05, 3.63) is 65.0 Å². The minimum absolute atomic E-state index is 0. The summed E-state index contributed by atoms with van der Waals surface area (Å²) >= 11 is 0. The van der Waals surface area contributed by atoms with Gasteiger partial charge in [-0.3, -0.25) is 14.6 Å². The van der Waals surface area contributed by atoms with E-state index in [0.29, 0.717) is 5.69 Å². The van der Waals surface area contributed by atoms with Gasteiger partial charge in [0, 0.05) is 37.8 Å². The second kappa shape index (κ2) is 6.98. The Balaban J connectivity index is 0.00000200. The van der Waals surface area contributed by atoms with Crippen molar-refractivity contribution in [2.24, 2.45) is 0 Å². The van der Waals surface area contributed by atoms with Gasteiger partial charge in [-0.05, 0) is 12.1 Å². The summed E-state index contributed by atoms with van der Waals surface area (Å²) in [7, 11) is 1.66. The SMILES string of the molecule is C.CNC=CC(=O)c1nn(-c2cccnc2)ccc1=O. The summed E-state index contributed by atoms with van der Waals surface area (Å²) in [6.45, 7) is 0. The molecule has 0 amide bonds. The first-order valence-electron chi connectivity index (χ1n) is 5.61. The molecule has 0 saturated carbocycles. The van der Waals surface area contributed by atoms with Gasteiger partial charge < -0.3 is 5.32 Å². The van der Waals surface area contributed by atoms with Gasteiger partial charge in [-0.2, -0.15) is 5.10 Å². The number of rotatable bonds is 4. The summed E-state index contributed by atoms with van der Waals surface area (Å²) in [6, 6.07) is 4.83. The Morgan fingerprint density at radius 1 is 1.40 bits per heavy atom. The van der Waals surface area contributed by atoms with E-state index in [2.05, 4.69) is 15.4 Å². The van der Waals surface area contributed by atoms with Gasteiger partial charge in [0.05, 0.1) is 11.9 Å². The zero-order valence-electron chi connectivity index (χ0n) is 10.3. The molecular formula is C14H16N4O2. The van der Waals surface area contributed by atoms with Gasteiger partial charge >= 0.3 is 0 Å². The minimum atomic E-state index is -0.447. The van der Waals surface area contributed by atoms with E-state index >= 15 is 0 Å². The Labute approximate surface area is 116 Å². The van der Waals surface area contributed by atoms with Gasteiger partial charge in [-0.25, -0.2) is 4.68 Å². The Bertz CT molecular complexity index is 662. The lowest BCUT2D eigenvalue weighted by atomic mass is 10.2. The highest BCUT2D eigenvalue weighted by Gasteiger charge is 2.10. The van der Waals surface area contributed by atoms with Crippen molar-refractivity contribution in [2.75, 3.05) is 7.05 Å². The van der Waals surface area contributed by atoms with E-state index in [1.807, 2.05) is 0 Å². The number of ketones is 1. The number of nitrogens with zero attached hydrogens (tertiary/aromatic N) is 3. The molecular weight excluding hydrogens is 256 g/mol. The normalized spacial score (nSPS) is 10.1. The third kappa shape index (κ3) is 3.38. The number of allylic oxidation sites excluding steroid dienone is 1. The van der Waals surface area contributed by atoms with Crippen molar-refractivity contribution >= 4 is 5.78 Å². The van der Waals surface area contributed by atoms with Crippen LogP contribution in [0.1, 0.15) is 17.9 Å². The molecule has 0 spiro atoms. The third-order valence-electron chi connectivity index (χ3n) is 2.35. The molecule has 1 N–H and O–H groups in total. The van der Waals surface area contributed by atoms with Gasteiger partial charge in [0.1, 0.15) is 0 Å². The van der Waals surface area contributed by atoms with E-state index in [1.54, 1.807) is 31.6 Å². The molecule has 0 fully saturated rings. The van der Waals surface area contributed by atoms with Crippen LogP contribution in [0.25, 0.3) is 5.69 Å². The fourth-order valence-corrected chi connectivity index (χ4v) is 1.45. The number of carbonyl (C=O) groups excluding carboxylic acids is 1.